The molecule has 1 amide bonds. The van der Waals surface area contributed by atoms with Gasteiger partial charge in [0, 0.05) is 43.9 Å². The lowest BCUT2D eigenvalue weighted by Crippen LogP contribution is -2.50. The Morgan fingerprint density at radius 1 is 1.03 bits per heavy atom. The summed E-state index contributed by atoms with van der Waals surface area (Å²) in [5.41, 5.74) is 0.800. The van der Waals surface area contributed by atoms with E-state index in [1.165, 1.54) is 39.9 Å². The van der Waals surface area contributed by atoms with Crippen molar-refractivity contribution < 1.29 is 22.9 Å². The first-order valence-electron chi connectivity index (χ1n) is 10.1. The lowest BCUT2D eigenvalue weighted by atomic mass is 10.2. The average molecular weight is 488 g/mol. The molecule has 0 spiro atoms. The first kappa shape index (κ1) is 22.9. The topological polar surface area (TPSA) is 110 Å². The molecule has 1 fully saturated rings. The Kier molecular flexibility index (Phi) is 6.72. The van der Waals surface area contributed by atoms with Crippen LogP contribution in [-0.4, -0.2) is 54.6 Å². The zero-order chi connectivity index (χ0) is 23.4. The number of non-ortho nitro benzene ring substituents is 1. The highest BCUT2D eigenvalue weighted by molar-refractivity contribution is 7.89. The minimum Gasteiger partial charge on any atom is -0.489 e. The van der Waals surface area contributed by atoms with Crippen molar-refractivity contribution in [2.75, 3.05) is 26.2 Å². The molecule has 9 nitrogen and oxygen atoms in total. The number of hydrogen-bond acceptors (Lipinski definition) is 7. The van der Waals surface area contributed by atoms with Gasteiger partial charge in [0.05, 0.1) is 14.7 Å². The number of nitro benzene ring substituents is 1. The van der Waals surface area contributed by atoms with E-state index >= 15 is 0 Å². The Morgan fingerprint density at radius 3 is 2.33 bits per heavy atom. The van der Waals surface area contributed by atoms with Crippen LogP contribution in [0.4, 0.5) is 5.69 Å². The Hall–Kier alpha value is -3.28. The maximum atomic E-state index is 12.9. The molecule has 4 rings (SSSR count). The van der Waals surface area contributed by atoms with Crippen LogP contribution >= 0.6 is 11.3 Å². The number of benzene rings is 2. The predicted octanol–water partition coefficient (Wildman–Crippen LogP) is 3.38. The molecule has 172 valence electrons. The number of nitrogens with zero attached hydrogens (tertiary/aromatic N) is 3. The number of sulfonamides is 1. The van der Waals surface area contributed by atoms with Crippen LogP contribution in [0, 0.1) is 10.1 Å². The van der Waals surface area contributed by atoms with Crippen LogP contribution in [0.15, 0.2) is 70.9 Å². The summed E-state index contributed by atoms with van der Waals surface area (Å²) in [6.07, 6.45) is 0. The summed E-state index contributed by atoms with van der Waals surface area (Å²) in [5.74, 6) is 0.355. The van der Waals surface area contributed by atoms with E-state index in [2.05, 4.69) is 0 Å². The molecule has 0 unspecified atom stereocenters. The monoisotopic (exact) mass is 487 g/mol. The van der Waals surface area contributed by atoms with Crippen molar-refractivity contribution in [3.05, 3.63) is 86.6 Å². The van der Waals surface area contributed by atoms with Crippen LogP contribution in [0.5, 0.6) is 5.75 Å². The second-order valence-corrected chi connectivity index (χ2v) is 10.2. The highest BCUT2D eigenvalue weighted by Crippen LogP contribution is 2.23. The molecule has 2 aromatic carbocycles. The average Bonchev–Trinajstić information content (AvgIpc) is 3.32. The van der Waals surface area contributed by atoms with Crippen LogP contribution in [0.2, 0.25) is 0 Å². The summed E-state index contributed by atoms with van der Waals surface area (Å²) in [4.78, 5) is 25.6. The molecule has 1 saturated heterocycles. The summed E-state index contributed by atoms with van der Waals surface area (Å²) >= 11 is 1.30. The van der Waals surface area contributed by atoms with Gasteiger partial charge in [-0.25, -0.2) is 8.42 Å². The summed E-state index contributed by atoms with van der Waals surface area (Å²) in [6, 6.07) is 15.8. The van der Waals surface area contributed by atoms with E-state index in [0.717, 1.165) is 5.56 Å². The predicted molar refractivity (Wildman–Crippen MR) is 123 cm³/mol. The van der Waals surface area contributed by atoms with Crippen LogP contribution in [-0.2, 0) is 16.6 Å². The quantitative estimate of drug-likeness (QED) is 0.373. The van der Waals surface area contributed by atoms with Crippen molar-refractivity contribution in [2.45, 2.75) is 11.5 Å². The first-order chi connectivity index (χ1) is 15.8. The fraction of sp³-hybridized carbons (Fsp3) is 0.227. The molecule has 33 heavy (non-hydrogen) atoms. The molecule has 1 aliphatic heterocycles. The third-order valence-electron chi connectivity index (χ3n) is 5.22. The Balaban J connectivity index is 1.32. The number of piperazine rings is 1. The minimum atomic E-state index is -3.57. The van der Waals surface area contributed by atoms with Gasteiger partial charge in [0.1, 0.15) is 12.4 Å². The summed E-state index contributed by atoms with van der Waals surface area (Å²) in [6.45, 7) is 1.34. The van der Waals surface area contributed by atoms with Crippen molar-refractivity contribution in [2.24, 2.45) is 0 Å². The number of ether oxygens (including phenoxy) is 1. The molecular formula is C22H21N3O6S2. The smallest absolute Gasteiger partial charge is 0.269 e. The van der Waals surface area contributed by atoms with Crippen molar-refractivity contribution in [3.63, 3.8) is 0 Å². The molecule has 0 N–H and O–H groups in total. The molecule has 0 atom stereocenters. The molecule has 11 heteroatoms. The number of carbonyl (C=O) groups excluding carboxylic acids is 1. The van der Waals surface area contributed by atoms with Gasteiger partial charge in [0.2, 0.25) is 10.0 Å². The van der Waals surface area contributed by atoms with E-state index in [4.69, 9.17) is 4.74 Å². The number of rotatable bonds is 7. The maximum absolute atomic E-state index is 12.9. The van der Waals surface area contributed by atoms with Gasteiger partial charge < -0.3 is 9.64 Å². The van der Waals surface area contributed by atoms with Crippen molar-refractivity contribution >= 4 is 33.0 Å². The van der Waals surface area contributed by atoms with E-state index in [0.29, 0.717) is 23.7 Å². The van der Waals surface area contributed by atoms with Gasteiger partial charge in [-0.2, -0.15) is 4.31 Å². The van der Waals surface area contributed by atoms with E-state index in [1.807, 2.05) is 5.38 Å². The molecule has 3 aromatic rings. The SMILES string of the molecule is O=C(c1cc(COc2ccc([N+](=O)[O-])cc2)cs1)N1CCN(S(=O)(=O)c2ccccc2)CC1. The van der Waals surface area contributed by atoms with E-state index in [-0.39, 0.29) is 36.2 Å². The molecule has 0 radical (unpaired) electrons. The van der Waals surface area contributed by atoms with Crippen molar-refractivity contribution in [3.8, 4) is 5.75 Å². The fourth-order valence-corrected chi connectivity index (χ4v) is 5.73. The van der Waals surface area contributed by atoms with Gasteiger partial charge in [0.15, 0.2) is 0 Å². The van der Waals surface area contributed by atoms with Crippen LogP contribution in [0.3, 0.4) is 0 Å². The molecule has 0 aliphatic carbocycles. The summed E-state index contributed by atoms with van der Waals surface area (Å²) in [7, 11) is -3.57. The van der Waals surface area contributed by atoms with Gasteiger partial charge in [-0.15, -0.1) is 11.3 Å². The van der Waals surface area contributed by atoms with E-state index in [9.17, 15) is 23.3 Å². The molecule has 1 aliphatic rings. The lowest BCUT2D eigenvalue weighted by Gasteiger charge is -2.33. The number of hydrogen-bond donors (Lipinski definition) is 0. The second-order valence-electron chi connectivity index (χ2n) is 7.37. The molecule has 0 saturated carbocycles. The molecule has 2 heterocycles. The fourth-order valence-electron chi connectivity index (χ4n) is 3.42. The van der Waals surface area contributed by atoms with Crippen LogP contribution in [0.25, 0.3) is 0 Å². The summed E-state index contributed by atoms with van der Waals surface area (Å²) in [5, 5.41) is 12.5. The lowest BCUT2D eigenvalue weighted by molar-refractivity contribution is -0.384. The highest BCUT2D eigenvalue weighted by atomic mass is 32.2. The minimum absolute atomic E-state index is 0.0116. The zero-order valence-corrected chi connectivity index (χ0v) is 19.1. The van der Waals surface area contributed by atoms with Gasteiger partial charge in [0.25, 0.3) is 11.6 Å². The van der Waals surface area contributed by atoms with Gasteiger partial charge in [-0.3, -0.25) is 14.9 Å². The van der Waals surface area contributed by atoms with Crippen molar-refractivity contribution in [1.29, 1.82) is 0 Å². The number of nitro groups is 1. The molecule has 0 bridgehead atoms. The highest BCUT2D eigenvalue weighted by Gasteiger charge is 2.30. The van der Waals surface area contributed by atoms with Crippen LogP contribution in [0.1, 0.15) is 15.2 Å². The second kappa shape index (κ2) is 9.69. The molecular weight excluding hydrogens is 466 g/mol. The third kappa shape index (κ3) is 5.21. The normalized spacial score (nSPS) is 14.7. The largest absolute Gasteiger partial charge is 0.489 e. The van der Waals surface area contributed by atoms with E-state index in [1.54, 1.807) is 41.3 Å². The van der Waals surface area contributed by atoms with Gasteiger partial charge in [-0.1, -0.05) is 18.2 Å². The number of amides is 1. The Morgan fingerprint density at radius 2 is 1.70 bits per heavy atom. The standard InChI is InChI=1S/C22H21N3O6S2/c26-22(23-10-12-24(13-11-23)33(29,30)20-4-2-1-3-5-20)21-14-17(16-32-21)15-31-19-8-6-18(7-9-19)25(27)28/h1-9,14,16H,10-13,15H2. The summed E-state index contributed by atoms with van der Waals surface area (Å²) < 4.78 is 32.6. The van der Waals surface area contributed by atoms with Crippen LogP contribution < -0.4 is 4.74 Å². The van der Waals surface area contributed by atoms with Crippen molar-refractivity contribution in [1.82, 2.24) is 9.21 Å². The number of thiophene rings is 1. The zero-order valence-electron chi connectivity index (χ0n) is 17.5. The van der Waals surface area contributed by atoms with E-state index < -0.39 is 14.9 Å². The first-order valence-corrected chi connectivity index (χ1v) is 12.5. The Bertz CT molecular complexity index is 1230. The van der Waals surface area contributed by atoms with Gasteiger partial charge in [-0.05, 0) is 35.7 Å². The maximum Gasteiger partial charge on any atom is 0.269 e. The number of carbonyl (C=O) groups is 1. The molecule has 1 aromatic heterocycles. The third-order valence-corrected chi connectivity index (χ3v) is 8.10. The Labute approximate surface area is 195 Å². The van der Waals surface area contributed by atoms with Gasteiger partial charge >= 0.3 is 0 Å².